The van der Waals surface area contributed by atoms with Gasteiger partial charge in [-0.3, -0.25) is 9.80 Å². The predicted octanol–water partition coefficient (Wildman–Crippen LogP) is 0.857. The maximum absolute atomic E-state index is 5.49. The zero-order valence-electron chi connectivity index (χ0n) is 10.7. The van der Waals surface area contributed by atoms with Crippen LogP contribution in [0.5, 0.6) is 0 Å². The van der Waals surface area contributed by atoms with Crippen LogP contribution >= 0.6 is 0 Å². The molecule has 0 aromatic heterocycles. The molecule has 4 heteroatoms. The molecule has 0 N–H and O–H groups in total. The van der Waals surface area contributed by atoms with E-state index in [1.54, 1.807) is 0 Å². The molecule has 3 rings (SSSR count). The Morgan fingerprint density at radius 3 is 2.18 bits per heavy atom. The van der Waals surface area contributed by atoms with Gasteiger partial charge in [0.2, 0.25) is 0 Å². The molecule has 1 unspecified atom stereocenters. The summed E-state index contributed by atoms with van der Waals surface area (Å²) in [6.45, 7) is 7.39. The van der Waals surface area contributed by atoms with Gasteiger partial charge >= 0.3 is 0 Å². The smallest absolute Gasteiger partial charge is 0.144 e. The first kappa shape index (κ1) is 11.9. The Morgan fingerprint density at radius 2 is 1.53 bits per heavy atom. The molecule has 0 saturated carbocycles. The molecule has 3 aliphatic rings. The van der Waals surface area contributed by atoms with Crippen LogP contribution in [-0.2, 0) is 4.74 Å². The maximum atomic E-state index is 5.49. The fourth-order valence-corrected chi connectivity index (χ4v) is 3.54. The van der Waals surface area contributed by atoms with Gasteiger partial charge in [0.15, 0.2) is 0 Å². The topological polar surface area (TPSA) is 29.8 Å². The van der Waals surface area contributed by atoms with Crippen molar-refractivity contribution in [3.8, 4) is 0 Å². The van der Waals surface area contributed by atoms with Gasteiger partial charge in [0.25, 0.3) is 0 Å². The van der Waals surface area contributed by atoms with E-state index in [4.69, 9.17) is 10.1 Å². The van der Waals surface area contributed by atoms with Crippen LogP contribution in [0.3, 0.4) is 0 Å². The fourth-order valence-electron chi connectivity index (χ4n) is 3.54. The Labute approximate surface area is 104 Å². The molecule has 0 aromatic rings. The zero-order valence-corrected chi connectivity index (χ0v) is 10.7. The van der Waals surface area contributed by atoms with E-state index in [0.717, 1.165) is 32.8 Å². The molecular weight excluding hydrogens is 214 g/mol. The van der Waals surface area contributed by atoms with Gasteiger partial charge in [0.05, 0.1) is 13.2 Å². The molecule has 0 aliphatic carbocycles. The second kappa shape index (κ2) is 5.22. The van der Waals surface area contributed by atoms with Gasteiger partial charge < -0.3 is 4.74 Å². The average molecular weight is 238 g/mol. The van der Waals surface area contributed by atoms with Gasteiger partial charge in [0, 0.05) is 32.7 Å². The van der Waals surface area contributed by atoms with Crippen molar-refractivity contribution >= 4 is 0 Å². The third-order valence-electron chi connectivity index (χ3n) is 4.42. The second-order valence-corrected chi connectivity index (χ2v) is 5.41. The molecule has 0 spiro atoms. The van der Waals surface area contributed by atoms with Gasteiger partial charge in [-0.15, -0.1) is 0 Å². The number of hydrogen-bond acceptors (Lipinski definition) is 3. The number of hydrogen-bond donors (Lipinski definition) is 0. The van der Waals surface area contributed by atoms with Crippen molar-refractivity contribution in [3.63, 3.8) is 0 Å². The first-order valence-electron chi connectivity index (χ1n) is 7.18. The van der Waals surface area contributed by atoms with E-state index in [-0.39, 0.29) is 5.79 Å². The summed E-state index contributed by atoms with van der Waals surface area (Å²) in [5.74, 6) is 0.0458. The summed E-state index contributed by atoms with van der Waals surface area (Å²) in [5.41, 5.74) is 0. The van der Waals surface area contributed by atoms with Gasteiger partial charge in [-0.2, -0.15) is 0 Å². The lowest BCUT2D eigenvalue weighted by Crippen LogP contribution is -2.66. The van der Waals surface area contributed by atoms with Crippen molar-refractivity contribution in [3.05, 3.63) is 0 Å². The van der Waals surface area contributed by atoms with Crippen LogP contribution in [0.4, 0.5) is 0 Å². The van der Waals surface area contributed by atoms with E-state index in [1.807, 2.05) is 0 Å². The third kappa shape index (κ3) is 2.24. The van der Waals surface area contributed by atoms with E-state index in [9.17, 15) is 0 Å². The number of morpholine rings is 1. The van der Waals surface area contributed by atoms with Crippen molar-refractivity contribution in [2.24, 2.45) is 0 Å². The largest absolute Gasteiger partial charge is 0.379 e. The first-order valence-corrected chi connectivity index (χ1v) is 7.18. The lowest BCUT2D eigenvalue weighted by Gasteiger charge is -2.50. The molecule has 0 amide bonds. The lowest BCUT2D eigenvalue weighted by molar-refractivity contribution is -0.119. The summed E-state index contributed by atoms with van der Waals surface area (Å²) in [5, 5.41) is 5.01. The van der Waals surface area contributed by atoms with E-state index in [2.05, 4.69) is 9.80 Å². The molecule has 3 heterocycles. The van der Waals surface area contributed by atoms with E-state index in [0.29, 0.717) is 0 Å². The molecule has 1 atom stereocenters. The summed E-state index contributed by atoms with van der Waals surface area (Å²) >= 11 is 0. The SMILES string of the molecule is C1CCN(C2(N3CCOCC3)CCC[N]2)CC1. The third-order valence-corrected chi connectivity index (χ3v) is 4.42. The van der Waals surface area contributed by atoms with Crippen LogP contribution in [-0.4, -0.2) is 61.5 Å². The van der Waals surface area contributed by atoms with Crippen LogP contribution < -0.4 is 5.32 Å². The van der Waals surface area contributed by atoms with E-state index >= 15 is 0 Å². The van der Waals surface area contributed by atoms with Crippen molar-refractivity contribution in [2.75, 3.05) is 45.9 Å². The fraction of sp³-hybridized carbons (Fsp3) is 1.00. The lowest BCUT2D eigenvalue weighted by atomic mass is 10.1. The summed E-state index contributed by atoms with van der Waals surface area (Å²) in [7, 11) is 0. The second-order valence-electron chi connectivity index (χ2n) is 5.41. The molecule has 17 heavy (non-hydrogen) atoms. The van der Waals surface area contributed by atoms with Crippen LogP contribution in [0.15, 0.2) is 0 Å². The summed E-state index contributed by atoms with van der Waals surface area (Å²) < 4.78 is 5.49. The number of nitrogens with zero attached hydrogens (tertiary/aromatic N) is 3. The first-order chi connectivity index (χ1) is 8.42. The Hall–Kier alpha value is -0.160. The zero-order chi connectivity index (χ0) is 11.6. The Balaban J connectivity index is 1.75. The highest BCUT2D eigenvalue weighted by atomic mass is 16.5. The highest BCUT2D eigenvalue weighted by molar-refractivity contribution is 4.94. The normalized spacial score (nSPS) is 37.4. The molecule has 1 radical (unpaired) electrons. The van der Waals surface area contributed by atoms with Gasteiger partial charge in [-0.1, -0.05) is 6.42 Å². The van der Waals surface area contributed by atoms with Gasteiger partial charge in [-0.25, -0.2) is 5.32 Å². The molecule has 3 aliphatic heterocycles. The van der Waals surface area contributed by atoms with Crippen molar-refractivity contribution < 1.29 is 4.74 Å². The number of ether oxygens (including phenoxy) is 1. The number of likely N-dealkylation sites (tertiary alicyclic amines) is 1. The Bertz CT molecular complexity index is 221. The number of piperidine rings is 1. The molecule has 4 nitrogen and oxygen atoms in total. The summed E-state index contributed by atoms with van der Waals surface area (Å²) in [6, 6.07) is 0. The van der Waals surface area contributed by atoms with Crippen molar-refractivity contribution in [1.29, 1.82) is 0 Å². The molecular formula is C13H24N3O. The van der Waals surface area contributed by atoms with E-state index in [1.165, 1.54) is 45.2 Å². The van der Waals surface area contributed by atoms with Crippen LogP contribution in [0.1, 0.15) is 32.1 Å². The highest BCUT2D eigenvalue weighted by Crippen LogP contribution is 2.32. The number of rotatable bonds is 2. The van der Waals surface area contributed by atoms with Crippen LogP contribution in [0.2, 0.25) is 0 Å². The molecule has 3 fully saturated rings. The van der Waals surface area contributed by atoms with Crippen LogP contribution in [0, 0.1) is 0 Å². The minimum absolute atomic E-state index is 0.0458. The minimum Gasteiger partial charge on any atom is -0.379 e. The van der Waals surface area contributed by atoms with Gasteiger partial charge in [0.1, 0.15) is 5.79 Å². The molecule has 0 bridgehead atoms. The monoisotopic (exact) mass is 238 g/mol. The molecule has 3 saturated heterocycles. The van der Waals surface area contributed by atoms with Gasteiger partial charge in [-0.05, 0) is 25.7 Å². The summed E-state index contributed by atoms with van der Waals surface area (Å²) in [4.78, 5) is 5.23. The molecule has 97 valence electrons. The van der Waals surface area contributed by atoms with Crippen molar-refractivity contribution in [2.45, 2.75) is 37.9 Å². The minimum atomic E-state index is 0.0458. The van der Waals surface area contributed by atoms with E-state index < -0.39 is 0 Å². The average Bonchev–Trinajstić information content (AvgIpc) is 2.91. The maximum Gasteiger partial charge on any atom is 0.144 e. The quantitative estimate of drug-likeness (QED) is 0.714. The Kier molecular flexibility index (Phi) is 3.66. The standard InChI is InChI=1S/C13H24N3O/c1-2-7-15(8-3-1)13(5-4-6-14-13)16-9-11-17-12-10-16/h1-12H2. The Morgan fingerprint density at radius 1 is 0.824 bits per heavy atom. The predicted molar refractivity (Wildman–Crippen MR) is 66.8 cm³/mol. The van der Waals surface area contributed by atoms with Crippen LogP contribution in [0.25, 0.3) is 0 Å². The summed E-state index contributed by atoms with van der Waals surface area (Å²) in [6.07, 6.45) is 6.58. The molecule has 0 aromatic carbocycles. The highest BCUT2D eigenvalue weighted by Gasteiger charge is 2.46. The van der Waals surface area contributed by atoms with Crippen molar-refractivity contribution in [1.82, 2.24) is 15.1 Å².